The molecule has 0 spiro atoms. The number of rotatable bonds is 5. The van der Waals surface area contributed by atoms with Gasteiger partial charge in [-0.1, -0.05) is 131 Å². The molecule has 0 saturated carbocycles. The standard InChI is InChI=1S/C46H40/c1-26(2)28(5)39-24-42-34-16-8-13-29-14-9-17-35(45(29)34)43(42)25-44(39)38(27(3)4)23-32-19-20-37-41-22-31-12-7-6-11-30(31)21-40(41)36-18-10-15-33(32)46(36)37/h6-27,29,33,45-46H,5H2,1-4H3. The maximum atomic E-state index is 4.68. The van der Waals surface area contributed by atoms with Gasteiger partial charge < -0.3 is 0 Å². The lowest BCUT2D eigenvalue weighted by Gasteiger charge is -2.31. The minimum atomic E-state index is 0.321. The van der Waals surface area contributed by atoms with Crippen LogP contribution in [-0.2, 0) is 0 Å². The van der Waals surface area contributed by atoms with E-state index < -0.39 is 0 Å². The summed E-state index contributed by atoms with van der Waals surface area (Å²) in [5, 5.41) is 2.64. The third kappa shape index (κ3) is 3.92. The number of hydrogen-bond acceptors (Lipinski definition) is 0. The van der Waals surface area contributed by atoms with Crippen LogP contribution in [0.15, 0.2) is 134 Å². The highest BCUT2D eigenvalue weighted by atomic mass is 14.4. The Morgan fingerprint density at radius 3 is 1.76 bits per heavy atom. The first-order chi connectivity index (χ1) is 22.4. The molecular formula is C46H40. The molecule has 3 aromatic rings. The number of hydrogen-bond donors (Lipinski definition) is 0. The molecule has 224 valence electrons. The van der Waals surface area contributed by atoms with Crippen LogP contribution in [0.3, 0.4) is 0 Å². The van der Waals surface area contributed by atoms with E-state index in [1.165, 1.54) is 83.2 Å². The molecule has 4 unspecified atom stereocenters. The fourth-order valence-corrected chi connectivity index (χ4v) is 8.92. The molecule has 0 radical (unpaired) electrons. The van der Waals surface area contributed by atoms with Gasteiger partial charge in [-0.3, -0.25) is 0 Å². The Bertz CT molecular complexity index is 2170. The Labute approximate surface area is 273 Å². The lowest BCUT2D eigenvalue weighted by atomic mass is 9.72. The van der Waals surface area contributed by atoms with Crippen LogP contribution in [0.2, 0.25) is 0 Å². The first kappa shape index (κ1) is 27.6. The zero-order chi connectivity index (χ0) is 31.3. The monoisotopic (exact) mass is 592 g/mol. The van der Waals surface area contributed by atoms with Crippen molar-refractivity contribution in [3.8, 4) is 0 Å². The van der Waals surface area contributed by atoms with E-state index in [1.54, 1.807) is 0 Å². The first-order valence-corrected chi connectivity index (χ1v) is 17.1. The van der Waals surface area contributed by atoms with Crippen LogP contribution < -0.4 is 0 Å². The zero-order valence-corrected chi connectivity index (χ0v) is 27.2. The topological polar surface area (TPSA) is 0 Å². The van der Waals surface area contributed by atoms with Crippen molar-refractivity contribution in [3.63, 3.8) is 0 Å². The fourth-order valence-electron chi connectivity index (χ4n) is 8.92. The summed E-state index contributed by atoms with van der Waals surface area (Å²) in [5.74, 6) is 2.27. The Morgan fingerprint density at radius 2 is 1.15 bits per heavy atom. The quantitative estimate of drug-likeness (QED) is 0.276. The van der Waals surface area contributed by atoms with Crippen molar-refractivity contribution >= 4 is 44.2 Å². The van der Waals surface area contributed by atoms with E-state index in [0.717, 1.165) is 0 Å². The van der Waals surface area contributed by atoms with Crippen molar-refractivity contribution in [1.29, 1.82) is 0 Å². The van der Waals surface area contributed by atoms with E-state index in [1.807, 2.05) is 0 Å². The largest absolute Gasteiger partial charge is 0.0950 e. The number of allylic oxidation sites excluding steroid dienone is 19. The molecule has 3 aromatic carbocycles. The van der Waals surface area contributed by atoms with Crippen LogP contribution in [-0.4, -0.2) is 0 Å². The minimum absolute atomic E-state index is 0.321. The summed E-state index contributed by atoms with van der Waals surface area (Å²) in [6.45, 7) is 13.9. The van der Waals surface area contributed by atoms with Gasteiger partial charge in [0, 0.05) is 23.7 Å². The lowest BCUT2D eigenvalue weighted by Crippen LogP contribution is -2.18. The van der Waals surface area contributed by atoms with Crippen LogP contribution in [0, 0.1) is 35.5 Å². The molecule has 0 fully saturated rings. The summed E-state index contributed by atoms with van der Waals surface area (Å²) in [5.41, 5.74) is 18.1. The lowest BCUT2D eigenvalue weighted by molar-refractivity contribution is 0.678. The van der Waals surface area contributed by atoms with Crippen LogP contribution in [0.25, 0.3) is 44.2 Å². The zero-order valence-electron chi connectivity index (χ0n) is 27.2. The molecule has 0 heteroatoms. The fraction of sp³-hybridized carbons (Fsp3) is 0.217. The van der Waals surface area contributed by atoms with E-state index in [0.29, 0.717) is 35.5 Å². The highest BCUT2D eigenvalue weighted by Gasteiger charge is 2.41. The Morgan fingerprint density at radius 1 is 0.609 bits per heavy atom. The summed E-state index contributed by atoms with van der Waals surface area (Å²) in [6.07, 6.45) is 28.4. The van der Waals surface area contributed by atoms with Crippen molar-refractivity contribution in [2.24, 2.45) is 35.5 Å². The summed E-state index contributed by atoms with van der Waals surface area (Å²) >= 11 is 0. The van der Waals surface area contributed by atoms with E-state index in [-0.39, 0.29) is 0 Å². The predicted molar refractivity (Wildman–Crippen MR) is 198 cm³/mol. The smallest absolute Gasteiger partial charge is 0.0205 e. The van der Waals surface area contributed by atoms with E-state index in [9.17, 15) is 0 Å². The molecule has 46 heavy (non-hydrogen) atoms. The van der Waals surface area contributed by atoms with Crippen molar-refractivity contribution < 1.29 is 0 Å². The molecule has 0 saturated heterocycles. The molecule has 0 amide bonds. The van der Waals surface area contributed by atoms with Gasteiger partial charge in [0.25, 0.3) is 0 Å². The molecule has 0 nitrogen and oxygen atoms in total. The maximum Gasteiger partial charge on any atom is 0.0205 e. The van der Waals surface area contributed by atoms with Gasteiger partial charge in [0.1, 0.15) is 0 Å². The average molecular weight is 593 g/mol. The van der Waals surface area contributed by atoms with E-state index >= 15 is 0 Å². The van der Waals surface area contributed by atoms with Crippen LogP contribution in [0.5, 0.6) is 0 Å². The number of benzene rings is 3. The normalized spacial score (nSPS) is 24.7. The molecule has 0 aliphatic heterocycles. The third-order valence-corrected chi connectivity index (χ3v) is 11.3. The molecule has 4 atom stereocenters. The molecule has 9 rings (SSSR count). The van der Waals surface area contributed by atoms with E-state index in [2.05, 4.69) is 156 Å². The molecule has 6 aliphatic carbocycles. The first-order valence-electron chi connectivity index (χ1n) is 17.1. The minimum Gasteiger partial charge on any atom is -0.0950 e. The SMILES string of the molecule is C=C(c1cc2c(cc1C(=CC1=CC=C3c4cc5ccccc5cc4C4=CC=CC1C43)C(C)C)C1=CC=CC3C=CC=C2C13)C(C)C. The highest BCUT2D eigenvalue weighted by Crippen LogP contribution is 2.57. The molecule has 0 bridgehead atoms. The molecule has 0 N–H and O–H groups in total. The van der Waals surface area contributed by atoms with Gasteiger partial charge in [-0.05, 0) is 119 Å². The Hall–Kier alpha value is -4.68. The summed E-state index contributed by atoms with van der Waals surface area (Å²) in [4.78, 5) is 0. The summed E-state index contributed by atoms with van der Waals surface area (Å²) in [6, 6.07) is 18.6. The van der Waals surface area contributed by atoms with Gasteiger partial charge in [-0.25, -0.2) is 0 Å². The van der Waals surface area contributed by atoms with Crippen molar-refractivity contribution in [1.82, 2.24) is 0 Å². The third-order valence-electron chi connectivity index (χ3n) is 11.3. The van der Waals surface area contributed by atoms with Crippen LogP contribution in [0.1, 0.15) is 61.1 Å². The molecule has 6 aliphatic rings. The van der Waals surface area contributed by atoms with Crippen LogP contribution >= 0.6 is 0 Å². The van der Waals surface area contributed by atoms with Gasteiger partial charge in [-0.2, -0.15) is 0 Å². The average Bonchev–Trinajstić information content (AvgIpc) is 3.56. The molecular weight excluding hydrogens is 553 g/mol. The van der Waals surface area contributed by atoms with Crippen molar-refractivity contribution in [2.75, 3.05) is 0 Å². The van der Waals surface area contributed by atoms with Gasteiger partial charge in [-0.15, -0.1) is 0 Å². The van der Waals surface area contributed by atoms with Crippen LogP contribution in [0.4, 0.5) is 0 Å². The second-order valence-corrected chi connectivity index (χ2v) is 14.5. The van der Waals surface area contributed by atoms with Gasteiger partial charge in [0.05, 0.1) is 0 Å². The van der Waals surface area contributed by atoms with Gasteiger partial charge >= 0.3 is 0 Å². The van der Waals surface area contributed by atoms with Crippen molar-refractivity contribution in [2.45, 2.75) is 27.7 Å². The predicted octanol–water partition coefficient (Wildman–Crippen LogP) is 11.9. The van der Waals surface area contributed by atoms with Gasteiger partial charge in [0.2, 0.25) is 0 Å². The van der Waals surface area contributed by atoms with Gasteiger partial charge in [0.15, 0.2) is 0 Å². The number of fused-ring (bicyclic) bond motifs is 7. The molecule has 0 aromatic heterocycles. The molecule has 0 heterocycles. The second-order valence-electron chi connectivity index (χ2n) is 14.5. The Balaban J connectivity index is 1.21. The second kappa shape index (κ2) is 10.2. The summed E-state index contributed by atoms with van der Waals surface area (Å²) < 4.78 is 0. The maximum absolute atomic E-state index is 4.68. The summed E-state index contributed by atoms with van der Waals surface area (Å²) in [7, 11) is 0. The van der Waals surface area contributed by atoms with E-state index in [4.69, 9.17) is 0 Å². The Kier molecular flexibility index (Phi) is 6.10. The van der Waals surface area contributed by atoms with Crippen molar-refractivity contribution in [3.05, 3.63) is 167 Å². The highest BCUT2D eigenvalue weighted by molar-refractivity contribution is 6.03.